The molecule has 0 radical (unpaired) electrons. The molecule has 1 aliphatic heterocycles. The molecule has 1 amide bonds. The molecule has 0 saturated carbocycles. The van der Waals surface area contributed by atoms with Gasteiger partial charge in [-0.05, 0) is 19.9 Å². The standard InChI is InChI=1S/C13H17N3O3/c1-9-7-10(2)16(14-9)6-4-12(17)15-5-3-11(8-15)13(18)19/h3,7H,4-6,8H2,1-2H3,(H,18,19). The van der Waals surface area contributed by atoms with E-state index in [0.29, 0.717) is 25.1 Å². The van der Waals surface area contributed by atoms with Gasteiger partial charge in [0, 0.05) is 25.2 Å². The van der Waals surface area contributed by atoms with E-state index in [2.05, 4.69) is 5.10 Å². The molecule has 1 aliphatic rings. The van der Waals surface area contributed by atoms with Crippen molar-refractivity contribution in [3.8, 4) is 0 Å². The molecule has 0 fully saturated rings. The third-order valence-corrected chi connectivity index (χ3v) is 3.19. The smallest absolute Gasteiger partial charge is 0.333 e. The Labute approximate surface area is 111 Å². The van der Waals surface area contributed by atoms with Gasteiger partial charge in [0.25, 0.3) is 0 Å². The van der Waals surface area contributed by atoms with E-state index in [4.69, 9.17) is 5.11 Å². The molecule has 102 valence electrons. The lowest BCUT2D eigenvalue weighted by molar-refractivity contribution is -0.133. The summed E-state index contributed by atoms with van der Waals surface area (Å²) in [4.78, 5) is 24.3. The van der Waals surface area contributed by atoms with E-state index in [1.54, 1.807) is 15.7 Å². The first-order chi connectivity index (χ1) is 8.97. The van der Waals surface area contributed by atoms with E-state index in [0.717, 1.165) is 11.4 Å². The van der Waals surface area contributed by atoms with Crippen molar-refractivity contribution in [1.82, 2.24) is 14.7 Å². The van der Waals surface area contributed by atoms with Crippen molar-refractivity contribution in [2.24, 2.45) is 0 Å². The zero-order chi connectivity index (χ0) is 14.0. The molecule has 0 bridgehead atoms. The summed E-state index contributed by atoms with van der Waals surface area (Å²) in [6.07, 6.45) is 1.92. The first kappa shape index (κ1) is 13.3. The minimum Gasteiger partial charge on any atom is -0.478 e. The molecule has 19 heavy (non-hydrogen) atoms. The number of carbonyl (C=O) groups is 2. The highest BCUT2D eigenvalue weighted by atomic mass is 16.4. The van der Waals surface area contributed by atoms with Gasteiger partial charge in [-0.3, -0.25) is 9.48 Å². The van der Waals surface area contributed by atoms with E-state index >= 15 is 0 Å². The van der Waals surface area contributed by atoms with Crippen LogP contribution in [0.5, 0.6) is 0 Å². The van der Waals surface area contributed by atoms with Crippen molar-refractivity contribution in [3.05, 3.63) is 29.1 Å². The SMILES string of the molecule is Cc1cc(C)n(CCC(=O)N2CC=C(C(=O)O)C2)n1. The van der Waals surface area contributed by atoms with Crippen LogP contribution in [0, 0.1) is 13.8 Å². The molecule has 0 aromatic carbocycles. The van der Waals surface area contributed by atoms with Crippen LogP contribution in [0.25, 0.3) is 0 Å². The van der Waals surface area contributed by atoms with Gasteiger partial charge >= 0.3 is 5.97 Å². The summed E-state index contributed by atoms with van der Waals surface area (Å²) >= 11 is 0. The average molecular weight is 263 g/mol. The predicted octanol–water partition coefficient (Wildman–Crippen LogP) is 0.743. The number of aliphatic carboxylic acids is 1. The molecule has 0 atom stereocenters. The lowest BCUT2D eigenvalue weighted by atomic mass is 10.3. The maximum Gasteiger partial charge on any atom is 0.333 e. The molecule has 1 aromatic rings. The zero-order valence-electron chi connectivity index (χ0n) is 11.1. The van der Waals surface area contributed by atoms with Crippen LogP contribution in [0.3, 0.4) is 0 Å². The summed E-state index contributed by atoms with van der Waals surface area (Å²) < 4.78 is 1.80. The van der Waals surface area contributed by atoms with Gasteiger partial charge in [0.15, 0.2) is 0 Å². The largest absolute Gasteiger partial charge is 0.478 e. The van der Waals surface area contributed by atoms with Crippen LogP contribution in [-0.2, 0) is 16.1 Å². The molecule has 6 nitrogen and oxygen atoms in total. The summed E-state index contributed by atoms with van der Waals surface area (Å²) in [6, 6.07) is 1.96. The average Bonchev–Trinajstić information content (AvgIpc) is 2.93. The lowest BCUT2D eigenvalue weighted by Crippen LogP contribution is -2.30. The molecule has 1 N–H and O–H groups in total. The number of rotatable bonds is 4. The van der Waals surface area contributed by atoms with Gasteiger partial charge in [-0.1, -0.05) is 6.08 Å². The fraction of sp³-hybridized carbons (Fsp3) is 0.462. The van der Waals surface area contributed by atoms with Gasteiger partial charge in [0.2, 0.25) is 5.91 Å². The van der Waals surface area contributed by atoms with E-state index in [-0.39, 0.29) is 12.5 Å². The highest BCUT2D eigenvalue weighted by Gasteiger charge is 2.22. The fourth-order valence-electron chi connectivity index (χ4n) is 2.16. The number of hydrogen-bond donors (Lipinski definition) is 1. The molecular formula is C13H17N3O3. The van der Waals surface area contributed by atoms with Crippen LogP contribution in [0.4, 0.5) is 0 Å². The molecule has 0 unspecified atom stereocenters. The Balaban J connectivity index is 1.86. The monoisotopic (exact) mass is 263 g/mol. The van der Waals surface area contributed by atoms with E-state index in [9.17, 15) is 9.59 Å². The molecule has 0 aliphatic carbocycles. The molecule has 0 saturated heterocycles. The Morgan fingerprint density at radius 3 is 2.68 bits per heavy atom. The van der Waals surface area contributed by atoms with Crippen LogP contribution < -0.4 is 0 Å². The highest BCUT2D eigenvalue weighted by molar-refractivity contribution is 5.89. The Hall–Kier alpha value is -2.11. The molecule has 1 aromatic heterocycles. The zero-order valence-corrected chi connectivity index (χ0v) is 11.1. The van der Waals surface area contributed by atoms with E-state index < -0.39 is 5.97 Å². The lowest BCUT2D eigenvalue weighted by Gasteiger charge is -2.16. The molecule has 6 heteroatoms. The van der Waals surface area contributed by atoms with Crippen LogP contribution >= 0.6 is 0 Å². The van der Waals surface area contributed by atoms with Crippen LogP contribution in [-0.4, -0.2) is 44.8 Å². The number of aromatic nitrogens is 2. The second-order valence-corrected chi connectivity index (χ2v) is 4.71. The second kappa shape index (κ2) is 5.26. The van der Waals surface area contributed by atoms with Crippen molar-refractivity contribution in [1.29, 1.82) is 0 Å². The number of carboxylic acid groups (broad SMARTS) is 1. The fourth-order valence-corrected chi connectivity index (χ4v) is 2.16. The Morgan fingerprint density at radius 1 is 1.42 bits per heavy atom. The summed E-state index contributed by atoms with van der Waals surface area (Å²) in [7, 11) is 0. The predicted molar refractivity (Wildman–Crippen MR) is 68.6 cm³/mol. The number of carboxylic acids is 1. The highest BCUT2D eigenvalue weighted by Crippen LogP contribution is 2.11. The molecule has 2 heterocycles. The third kappa shape index (κ3) is 3.01. The molecule has 2 rings (SSSR count). The molecule has 0 spiro atoms. The normalized spacial score (nSPS) is 14.6. The number of aryl methyl sites for hydroxylation is 3. The summed E-state index contributed by atoms with van der Waals surface area (Å²) in [5.41, 5.74) is 2.25. The van der Waals surface area contributed by atoms with Crippen molar-refractivity contribution < 1.29 is 14.7 Å². The van der Waals surface area contributed by atoms with Gasteiger partial charge in [-0.15, -0.1) is 0 Å². The van der Waals surface area contributed by atoms with Crippen molar-refractivity contribution in [2.45, 2.75) is 26.8 Å². The number of carbonyl (C=O) groups excluding carboxylic acids is 1. The van der Waals surface area contributed by atoms with E-state index in [1.165, 1.54) is 0 Å². The minimum atomic E-state index is -0.950. The van der Waals surface area contributed by atoms with Gasteiger partial charge in [-0.2, -0.15) is 5.10 Å². The third-order valence-electron chi connectivity index (χ3n) is 3.19. The Morgan fingerprint density at radius 2 is 2.16 bits per heavy atom. The summed E-state index contributed by atoms with van der Waals surface area (Å²) in [5, 5.41) is 13.1. The minimum absolute atomic E-state index is 0.0416. The van der Waals surface area contributed by atoms with Gasteiger partial charge in [0.05, 0.1) is 17.8 Å². The van der Waals surface area contributed by atoms with Gasteiger partial charge in [-0.25, -0.2) is 4.79 Å². The topological polar surface area (TPSA) is 75.4 Å². The van der Waals surface area contributed by atoms with Crippen LogP contribution in [0.1, 0.15) is 17.8 Å². The quantitative estimate of drug-likeness (QED) is 0.869. The maximum absolute atomic E-state index is 12.0. The Bertz CT molecular complexity index is 545. The first-order valence-electron chi connectivity index (χ1n) is 6.18. The first-order valence-corrected chi connectivity index (χ1v) is 6.18. The maximum atomic E-state index is 12.0. The van der Waals surface area contributed by atoms with Crippen molar-refractivity contribution in [2.75, 3.05) is 13.1 Å². The Kier molecular flexibility index (Phi) is 3.69. The number of nitrogens with zero attached hydrogens (tertiary/aromatic N) is 3. The van der Waals surface area contributed by atoms with Crippen LogP contribution in [0.2, 0.25) is 0 Å². The summed E-state index contributed by atoms with van der Waals surface area (Å²) in [5.74, 6) is -0.992. The molecular weight excluding hydrogens is 246 g/mol. The second-order valence-electron chi connectivity index (χ2n) is 4.71. The van der Waals surface area contributed by atoms with Crippen LogP contribution in [0.15, 0.2) is 17.7 Å². The van der Waals surface area contributed by atoms with E-state index in [1.807, 2.05) is 19.9 Å². The summed E-state index contributed by atoms with van der Waals surface area (Å²) in [6.45, 7) is 4.97. The van der Waals surface area contributed by atoms with Gasteiger partial charge in [0.1, 0.15) is 0 Å². The van der Waals surface area contributed by atoms with Crippen molar-refractivity contribution >= 4 is 11.9 Å². The van der Waals surface area contributed by atoms with Crippen molar-refractivity contribution in [3.63, 3.8) is 0 Å². The van der Waals surface area contributed by atoms with Gasteiger partial charge < -0.3 is 10.0 Å². The number of amides is 1. The number of hydrogen-bond acceptors (Lipinski definition) is 3.